The van der Waals surface area contributed by atoms with E-state index in [1.165, 1.54) is 11.1 Å². The van der Waals surface area contributed by atoms with Gasteiger partial charge in [-0.25, -0.2) is 4.79 Å². The molecule has 0 unspecified atom stereocenters. The Morgan fingerprint density at radius 1 is 1.25 bits per heavy atom. The van der Waals surface area contributed by atoms with Crippen LogP contribution >= 0.6 is 11.6 Å². The maximum Gasteiger partial charge on any atom is 0.326 e. The van der Waals surface area contributed by atoms with E-state index in [0.29, 0.717) is 16.6 Å². The second kappa shape index (κ2) is 6.14. The molecule has 3 nitrogen and oxygen atoms in total. The molecule has 1 aliphatic rings. The van der Waals surface area contributed by atoms with Gasteiger partial charge in [0.15, 0.2) is 0 Å². The topological polar surface area (TPSA) is 32.3 Å². The summed E-state index contributed by atoms with van der Waals surface area (Å²) < 4.78 is 0. The average molecular weight is 343 g/mol. The van der Waals surface area contributed by atoms with E-state index in [9.17, 15) is 4.79 Å². The molecule has 3 rings (SSSR count). The second-order valence-corrected chi connectivity index (χ2v) is 7.69. The number of hydrogen-bond donors (Lipinski definition) is 1. The third-order valence-electron chi connectivity index (χ3n) is 4.64. The van der Waals surface area contributed by atoms with Crippen molar-refractivity contribution in [3.8, 4) is 0 Å². The van der Waals surface area contributed by atoms with E-state index >= 15 is 0 Å². The summed E-state index contributed by atoms with van der Waals surface area (Å²) in [6.45, 7) is 8.54. The number of rotatable bonds is 1. The Hall–Kier alpha value is -2.00. The predicted molar refractivity (Wildman–Crippen MR) is 101 cm³/mol. The van der Waals surface area contributed by atoms with Gasteiger partial charge in [-0.1, -0.05) is 42.3 Å². The quantitative estimate of drug-likeness (QED) is 0.680. The van der Waals surface area contributed by atoms with Gasteiger partial charge in [0.1, 0.15) is 0 Å². The van der Waals surface area contributed by atoms with E-state index in [4.69, 9.17) is 11.6 Å². The fourth-order valence-corrected chi connectivity index (χ4v) is 3.87. The van der Waals surface area contributed by atoms with Gasteiger partial charge < -0.3 is 5.32 Å². The number of nitrogens with one attached hydrogen (secondary N) is 1. The van der Waals surface area contributed by atoms with Crippen molar-refractivity contribution in [3.05, 3.63) is 58.6 Å². The van der Waals surface area contributed by atoms with Crippen LogP contribution in [0.5, 0.6) is 0 Å². The van der Waals surface area contributed by atoms with Crippen LogP contribution in [0.25, 0.3) is 0 Å². The summed E-state index contributed by atoms with van der Waals surface area (Å²) in [5, 5.41) is 3.59. The number of hydrogen-bond acceptors (Lipinski definition) is 1. The van der Waals surface area contributed by atoms with Crippen molar-refractivity contribution >= 4 is 29.0 Å². The summed E-state index contributed by atoms with van der Waals surface area (Å²) in [6.07, 6.45) is 0.923. The van der Waals surface area contributed by atoms with E-state index in [-0.39, 0.29) is 11.6 Å². The first-order valence-corrected chi connectivity index (χ1v) is 8.63. The molecule has 0 fully saturated rings. The second-order valence-electron chi connectivity index (χ2n) is 7.26. The van der Waals surface area contributed by atoms with Gasteiger partial charge in [-0.2, -0.15) is 0 Å². The van der Waals surface area contributed by atoms with Gasteiger partial charge in [0, 0.05) is 21.9 Å². The molecule has 0 aliphatic carbocycles. The molecule has 4 heteroatoms. The molecule has 126 valence electrons. The Kier molecular flexibility index (Phi) is 4.31. The third-order valence-corrected chi connectivity index (χ3v) is 4.88. The minimum atomic E-state index is -0.260. The molecule has 0 radical (unpaired) electrons. The Bertz CT molecular complexity index is 785. The van der Waals surface area contributed by atoms with Gasteiger partial charge in [0.2, 0.25) is 0 Å². The highest BCUT2D eigenvalue weighted by Crippen LogP contribution is 2.43. The van der Waals surface area contributed by atoms with Crippen molar-refractivity contribution in [2.75, 3.05) is 10.2 Å². The lowest BCUT2D eigenvalue weighted by molar-refractivity contribution is 0.247. The van der Waals surface area contributed by atoms with Crippen LogP contribution in [0.15, 0.2) is 42.5 Å². The molecular weight excluding hydrogens is 320 g/mol. The highest BCUT2D eigenvalue weighted by molar-refractivity contribution is 6.30. The minimum absolute atomic E-state index is 0.126. The number of benzene rings is 2. The first-order chi connectivity index (χ1) is 11.3. The maximum absolute atomic E-state index is 13.0. The largest absolute Gasteiger partial charge is 0.326 e. The standard InChI is InChI=1S/C20H23ClN2O/c1-13-8-9-18-17(10-13)14(2)12-20(3,4)23(18)19(24)22-16-7-5-6-15(21)11-16/h5-11,14H,12H2,1-4H3,(H,22,24)/t14-/m0/s1. The molecule has 1 heterocycles. The predicted octanol–water partition coefficient (Wildman–Crippen LogP) is 5.97. The molecule has 0 spiro atoms. The molecule has 2 aromatic carbocycles. The number of anilines is 2. The molecule has 2 aromatic rings. The van der Waals surface area contributed by atoms with E-state index < -0.39 is 0 Å². The molecule has 2 amide bonds. The smallest absolute Gasteiger partial charge is 0.307 e. The van der Waals surface area contributed by atoms with E-state index in [1.807, 2.05) is 17.0 Å². The van der Waals surface area contributed by atoms with Crippen LogP contribution in [0.1, 0.15) is 44.2 Å². The molecule has 1 aliphatic heterocycles. The van der Waals surface area contributed by atoms with Crippen LogP contribution < -0.4 is 10.2 Å². The zero-order chi connectivity index (χ0) is 17.5. The summed E-state index contributed by atoms with van der Waals surface area (Å²) in [5.41, 5.74) is 3.88. The number of urea groups is 1. The highest BCUT2D eigenvalue weighted by Gasteiger charge is 2.40. The molecule has 1 N–H and O–H groups in total. The van der Waals surface area contributed by atoms with Crippen molar-refractivity contribution in [1.82, 2.24) is 0 Å². The van der Waals surface area contributed by atoms with Crippen LogP contribution in [-0.2, 0) is 0 Å². The number of carbonyl (C=O) groups excluding carboxylic acids is 1. The number of halogens is 1. The van der Waals surface area contributed by atoms with Crippen molar-refractivity contribution in [2.24, 2.45) is 0 Å². The summed E-state index contributed by atoms with van der Waals surface area (Å²) in [6, 6.07) is 13.4. The van der Waals surface area contributed by atoms with E-state index in [0.717, 1.165) is 12.1 Å². The molecule has 0 saturated carbocycles. The van der Waals surface area contributed by atoms with E-state index in [2.05, 4.69) is 51.2 Å². The SMILES string of the molecule is Cc1ccc2c(c1)[C@@H](C)CC(C)(C)N2C(=O)Nc1cccc(Cl)c1. The number of nitrogens with zero attached hydrogens (tertiary/aromatic N) is 1. The Morgan fingerprint density at radius 2 is 2.00 bits per heavy atom. The molecule has 24 heavy (non-hydrogen) atoms. The lowest BCUT2D eigenvalue weighted by atomic mass is 9.80. The van der Waals surface area contributed by atoms with Crippen molar-refractivity contribution < 1.29 is 4.79 Å². The van der Waals surface area contributed by atoms with Gasteiger partial charge in [0.05, 0.1) is 0 Å². The van der Waals surface area contributed by atoms with Crippen LogP contribution in [0.3, 0.4) is 0 Å². The first-order valence-electron chi connectivity index (χ1n) is 8.25. The number of amides is 2. The summed E-state index contributed by atoms with van der Waals surface area (Å²) >= 11 is 6.02. The Morgan fingerprint density at radius 3 is 2.71 bits per heavy atom. The number of aryl methyl sites for hydroxylation is 1. The first kappa shape index (κ1) is 16.8. The zero-order valence-corrected chi connectivity index (χ0v) is 15.3. The molecule has 0 aromatic heterocycles. The third kappa shape index (κ3) is 3.13. The molecule has 1 atom stereocenters. The van der Waals surface area contributed by atoms with Gasteiger partial charge in [-0.3, -0.25) is 4.90 Å². The van der Waals surface area contributed by atoms with Crippen molar-refractivity contribution in [1.29, 1.82) is 0 Å². The summed E-state index contributed by atoms with van der Waals surface area (Å²) in [5.74, 6) is 0.421. The van der Waals surface area contributed by atoms with Crippen molar-refractivity contribution in [3.63, 3.8) is 0 Å². The minimum Gasteiger partial charge on any atom is -0.307 e. The monoisotopic (exact) mass is 342 g/mol. The highest BCUT2D eigenvalue weighted by atomic mass is 35.5. The fourth-order valence-electron chi connectivity index (χ4n) is 3.68. The van der Waals surface area contributed by atoms with Gasteiger partial charge in [-0.15, -0.1) is 0 Å². The van der Waals surface area contributed by atoms with E-state index in [1.54, 1.807) is 12.1 Å². The van der Waals surface area contributed by atoms with Crippen molar-refractivity contribution in [2.45, 2.75) is 45.6 Å². The Balaban J connectivity index is 1.98. The van der Waals surface area contributed by atoms with Gasteiger partial charge in [-0.05, 0) is 62.9 Å². The summed E-state index contributed by atoms with van der Waals surface area (Å²) in [4.78, 5) is 14.9. The normalized spacial score (nSPS) is 18.9. The molecule has 0 saturated heterocycles. The zero-order valence-electron chi connectivity index (χ0n) is 14.6. The van der Waals surface area contributed by atoms with Crippen LogP contribution in [0.2, 0.25) is 5.02 Å². The fraction of sp³-hybridized carbons (Fsp3) is 0.350. The molecular formula is C20H23ClN2O. The van der Waals surface area contributed by atoms with Crippen LogP contribution in [-0.4, -0.2) is 11.6 Å². The lowest BCUT2D eigenvalue weighted by Gasteiger charge is -2.45. The maximum atomic E-state index is 13.0. The number of carbonyl (C=O) groups is 1. The number of fused-ring (bicyclic) bond motifs is 1. The Labute approximate surface area is 148 Å². The van der Waals surface area contributed by atoms with Crippen LogP contribution in [0.4, 0.5) is 16.2 Å². The van der Waals surface area contributed by atoms with Gasteiger partial charge >= 0.3 is 6.03 Å². The van der Waals surface area contributed by atoms with Crippen LogP contribution in [0, 0.1) is 6.92 Å². The summed E-state index contributed by atoms with van der Waals surface area (Å²) in [7, 11) is 0. The van der Waals surface area contributed by atoms with Gasteiger partial charge in [0.25, 0.3) is 0 Å². The molecule has 0 bridgehead atoms. The lowest BCUT2D eigenvalue weighted by Crippen LogP contribution is -2.53. The average Bonchev–Trinajstić information content (AvgIpc) is 2.47.